The standard InChI is InChI=1S/C13H17NO2/c15-9-12-7-11(8-14-12)13(16)6-10-4-2-1-3-5-10/h7-10,14H,1-6H2. The number of aromatic amines is 1. The average Bonchev–Trinajstić information content (AvgIpc) is 2.79. The molecular formula is C13H17NO2. The van der Waals surface area contributed by atoms with E-state index in [0.717, 1.165) is 6.29 Å². The smallest absolute Gasteiger partial charge is 0.166 e. The van der Waals surface area contributed by atoms with E-state index < -0.39 is 0 Å². The monoisotopic (exact) mass is 219 g/mol. The molecule has 0 spiro atoms. The van der Waals surface area contributed by atoms with Crippen LogP contribution in [0, 0.1) is 5.92 Å². The first-order valence-electron chi connectivity index (χ1n) is 5.96. The Morgan fingerprint density at radius 3 is 2.75 bits per heavy atom. The van der Waals surface area contributed by atoms with Gasteiger partial charge in [0, 0.05) is 18.2 Å². The van der Waals surface area contributed by atoms with Crippen LogP contribution in [-0.2, 0) is 0 Å². The van der Waals surface area contributed by atoms with E-state index in [1.54, 1.807) is 12.3 Å². The number of carbonyl (C=O) groups excluding carboxylic acids is 2. The van der Waals surface area contributed by atoms with Gasteiger partial charge in [0.1, 0.15) is 0 Å². The molecule has 86 valence electrons. The molecule has 0 radical (unpaired) electrons. The molecule has 0 unspecified atom stereocenters. The number of H-pyrrole nitrogens is 1. The number of nitrogens with one attached hydrogen (secondary N) is 1. The van der Waals surface area contributed by atoms with Crippen molar-refractivity contribution in [2.45, 2.75) is 38.5 Å². The average molecular weight is 219 g/mol. The highest BCUT2D eigenvalue weighted by Crippen LogP contribution is 2.27. The number of carbonyl (C=O) groups is 2. The summed E-state index contributed by atoms with van der Waals surface area (Å²) in [5.74, 6) is 0.715. The lowest BCUT2D eigenvalue weighted by molar-refractivity contribution is 0.0950. The molecule has 0 bridgehead atoms. The Kier molecular flexibility index (Phi) is 3.54. The molecule has 1 fully saturated rings. The molecule has 2 rings (SSSR count). The lowest BCUT2D eigenvalue weighted by Gasteiger charge is -2.20. The van der Waals surface area contributed by atoms with E-state index in [1.165, 1.54) is 32.1 Å². The van der Waals surface area contributed by atoms with E-state index in [1.807, 2.05) is 0 Å². The van der Waals surface area contributed by atoms with Gasteiger partial charge in [0.15, 0.2) is 12.1 Å². The Bertz CT molecular complexity index is 375. The van der Waals surface area contributed by atoms with E-state index in [9.17, 15) is 9.59 Å². The Hall–Kier alpha value is -1.38. The maximum Gasteiger partial charge on any atom is 0.166 e. The van der Waals surface area contributed by atoms with Crippen molar-refractivity contribution in [2.75, 3.05) is 0 Å². The molecule has 0 aromatic carbocycles. The first-order chi connectivity index (χ1) is 7.79. The predicted molar refractivity (Wildman–Crippen MR) is 61.7 cm³/mol. The van der Waals surface area contributed by atoms with Gasteiger partial charge >= 0.3 is 0 Å². The van der Waals surface area contributed by atoms with Crippen LogP contribution in [0.3, 0.4) is 0 Å². The summed E-state index contributed by atoms with van der Waals surface area (Å²) in [6.45, 7) is 0. The first-order valence-corrected chi connectivity index (χ1v) is 5.96. The highest BCUT2D eigenvalue weighted by molar-refractivity contribution is 5.97. The summed E-state index contributed by atoms with van der Waals surface area (Å²) >= 11 is 0. The SMILES string of the molecule is O=Cc1cc(C(=O)CC2CCCCC2)c[nH]1. The fraction of sp³-hybridized carbons (Fsp3) is 0.538. The van der Waals surface area contributed by atoms with Crippen LogP contribution >= 0.6 is 0 Å². The van der Waals surface area contributed by atoms with Gasteiger partial charge in [-0.05, 0) is 12.0 Å². The molecule has 0 amide bonds. The topological polar surface area (TPSA) is 49.9 Å². The van der Waals surface area contributed by atoms with Crippen LogP contribution in [0.1, 0.15) is 59.4 Å². The van der Waals surface area contributed by atoms with Crippen molar-refractivity contribution >= 4 is 12.1 Å². The van der Waals surface area contributed by atoms with Gasteiger partial charge in [-0.15, -0.1) is 0 Å². The second-order valence-electron chi connectivity index (χ2n) is 4.59. The summed E-state index contributed by atoms with van der Waals surface area (Å²) in [4.78, 5) is 25.2. The van der Waals surface area contributed by atoms with E-state index >= 15 is 0 Å². The molecule has 1 heterocycles. The molecule has 1 aromatic heterocycles. The van der Waals surface area contributed by atoms with Crippen molar-refractivity contribution in [3.05, 3.63) is 23.5 Å². The van der Waals surface area contributed by atoms with Gasteiger partial charge < -0.3 is 4.98 Å². The first kappa shape index (κ1) is 11.1. The highest BCUT2D eigenvalue weighted by Gasteiger charge is 2.18. The number of hydrogen-bond acceptors (Lipinski definition) is 2. The summed E-state index contributed by atoms with van der Waals surface area (Å²) in [6.07, 6.45) is 9.18. The van der Waals surface area contributed by atoms with Crippen molar-refractivity contribution in [3.8, 4) is 0 Å². The van der Waals surface area contributed by atoms with Crippen molar-refractivity contribution in [2.24, 2.45) is 5.92 Å². The molecule has 1 aromatic rings. The van der Waals surface area contributed by atoms with Crippen LogP contribution in [0.4, 0.5) is 0 Å². The number of aldehydes is 1. The van der Waals surface area contributed by atoms with Crippen molar-refractivity contribution in [1.29, 1.82) is 0 Å². The van der Waals surface area contributed by atoms with Gasteiger partial charge in [-0.1, -0.05) is 32.1 Å². The van der Waals surface area contributed by atoms with Gasteiger partial charge in [0.05, 0.1) is 5.69 Å². The normalized spacial score (nSPS) is 17.2. The third-order valence-electron chi connectivity index (χ3n) is 3.35. The summed E-state index contributed by atoms with van der Waals surface area (Å²) in [5, 5.41) is 0. The van der Waals surface area contributed by atoms with Gasteiger partial charge in [0.2, 0.25) is 0 Å². The summed E-state index contributed by atoms with van der Waals surface area (Å²) in [7, 11) is 0. The van der Waals surface area contributed by atoms with Gasteiger partial charge in [-0.2, -0.15) is 0 Å². The number of Topliss-reactive ketones (excluding diaryl/α,β-unsaturated/α-hetero) is 1. The minimum Gasteiger partial charge on any atom is -0.358 e. The maximum atomic E-state index is 11.9. The number of aromatic nitrogens is 1. The minimum atomic E-state index is 0.163. The van der Waals surface area contributed by atoms with E-state index in [4.69, 9.17) is 0 Å². The molecule has 0 saturated heterocycles. The van der Waals surface area contributed by atoms with Crippen LogP contribution in [0.2, 0.25) is 0 Å². The summed E-state index contributed by atoms with van der Waals surface area (Å²) in [6, 6.07) is 1.64. The molecular weight excluding hydrogens is 202 g/mol. The molecule has 1 aliphatic rings. The van der Waals surface area contributed by atoms with Gasteiger partial charge in [-0.25, -0.2) is 0 Å². The summed E-state index contributed by atoms with van der Waals surface area (Å²) < 4.78 is 0. The molecule has 3 heteroatoms. The molecule has 0 aliphatic heterocycles. The van der Waals surface area contributed by atoms with Crippen LogP contribution in [0.5, 0.6) is 0 Å². The molecule has 1 saturated carbocycles. The molecule has 1 aliphatic carbocycles. The zero-order valence-electron chi connectivity index (χ0n) is 9.37. The fourth-order valence-corrected chi connectivity index (χ4v) is 2.41. The second-order valence-corrected chi connectivity index (χ2v) is 4.59. The zero-order chi connectivity index (χ0) is 11.4. The fourth-order valence-electron chi connectivity index (χ4n) is 2.41. The van der Waals surface area contributed by atoms with Crippen molar-refractivity contribution in [1.82, 2.24) is 4.98 Å². The number of hydrogen-bond donors (Lipinski definition) is 1. The van der Waals surface area contributed by atoms with Crippen LogP contribution in [0.25, 0.3) is 0 Å². The predicted octanol–water partition coefficient (Wildman–Crippen LogP) is 2.98. The quantitative estimate of drug-likeness (QED) is 0.625. The second kappa shape index (κ2) is 5.10. The van der Waals surface area contributed by atoms with Crippen LogP contribution in [0.15, 0.2) is 12.3 Å². The Labute approximate surface area is 95.2 Å². The Morgan fingerprint density at radius 2 is 2.12 bits per heavy atom. The maximum absolute atomic E-state index is 11.9. The van der Waals surface area contributed by atoms with E-state index in [0.29, 0.717) is 23.6 Å². The highest BCUT2D eigenvalue weighted by atomic mass is 16.1. The van der Waals surface area contributed by atoms with E-state index in [-0.39, 0.29) is 5.78 Å². The van der Waals surface area contributed by atoms with E-state index in [2.05, 4.69) is 4.98 Å². The Morgan fingerprint density at radius 1 is 1.38 bits per heavy atom. The lowest BCUT2D eigenvalue weighted by Crippen LogP contribution is -2.11. The third-order valence-corrected chi connectivity index (χ3v) is 3.35. The number of ketones is 1. The lowest BCUT2D eigenvalue weighted by atomic mass is 9.85. The minimum absolute atomic E-state index is 0.163. The van der Waals surface area contributed by atoms with Crippen LogP contribution in [-0.4, -0.2) is 17.1 Å². The molecule has 0 atom stereocenters. The Balaban J connectivity index is 1.93. The van der Waals surface area contributed by atoms with Crippen LogP contribution < -0.4 is 0 Å². The van der Waals surface area contributed by atoms with Crippen molar-refractivity contribution < 1.29 is 9.59 Å². The third kappa shape index (κ3) is 2.60. The zero-order valence-corrected chi connectivity index (χ0v) is 9.37. The number of rotatable bonds is 4. The molecule has 3 nitrogen and oxygen atoms in total. The summed E-state index contributed by atoms with van der Waals surface area (Å²) in [5.41, 5.74) is 1.12. The van der Waals surface area contributed by atoms with Crippen molar-refractivity contribution in [3.63, 3.8) is 0 Å². The molecule has 1 N–H and O–H groups in total. The van der Waals surface area contributed by atoms with Gasteiger partial charge in [-0.3, -0.25) is 9.59 Å². The molecule has 16 heavy (non-hydrogen) atoms. The van der Waals surface area contributed by atoms with Gasteiger partial charge in [0.25, 0.3) is 0 Å². The largest absolute Gasteiger partial charge is 0.358 e.